The lowest BCUT2D eigenvalue weighted by atomic mass is 10.1. The smallest absolute Gasteiger partial charge is 0.228 e. The number of H-pyrrole nitrogens is 1. The molecule has 0 saturated carbocycles. The van der Waals surface area contributed by atoms with Crippen LogP contribution in [0.15, 0.2) is 42.5 Å². The molecule has 3 aromatic rings. The molecule has 2 N–H and O–H groups in total. The second-order valence-corrected chi connectivity index (χ2v) is 6.82. The van der Waals surface area contributed by atoms with E-state index in [0.29, 0.717) is 22.9 Å². The van der Waals surface area contributed by atoms with Crippen LogP contribution in [0.3, 0.4) is 0 Å². The molecule has 0 atom stereocenters. The van der Waals surface area contributed by atoms with E-state index < -0.39 is 0 Å². The van der Waals surface area contributed by atoms with Gasteiger partial charge in [0.2, 0.25) is 5.91 Å². The average Bonchev–Trinajstić information content (AvgIpc) is 3.15. The highest BCUT2D eigenvalue weighted by molar-refractivity contribution is 5.97. The number of benzene rings is 2. The third kappa shape index (κ3) is 4.74. The van der Waals surface area contributed by atoms with E-state index in [0.717, 1.165) is 35.4 Å². The van der Waals surface area contributed by atoms with Crippen molar-refractivity contribution in [2.45, 2.75) is 26.2 Å². The fourth-order valence-corrected chi connectivity index (χ4v) is 3.25. The highest BCUT2D eigenvalue weighted by atomic mass is 16.5. The molecule has 158 valence electrons. The number of ether oxygens (including phenoxy) is 3. The molecule has 0 unspecified atom stereocenters. The van der Waals surface area contributed by atoms with Gasteiger partial charge in [0.05, 0.1) is 39.1 Å². The fraction of sp³-hybridized carbons (Fsp3) is 0.304. The molecular weight excluding hydrogens is 382 g/mol. The minimum absolute atomic E-state index is 0.123. The van der Waals surface area contributed by atoms with E-state index in [1.165, 1.54) is 0 Å². The molecule has 0 saturated heterocycles. The van der Waals surface area contributed by atoms with E-state index in [1.54, 1.807) is 21.3 Å². The Morgan fingerprint density at radius 3 is 2.33 bits per heavy atom. The summed E-state index contributed by atoms with van der Waals surface area (Å²) in [6, 6.07) is 12.9. The van der Waals surface area contributed by atoms with Gasteiger partial charge >= 0.3 is 0 Å². The first-order valence-corrected chi connectivity index (χ1v) is 9.82. The summed E-state index contributed by atoms with van der Waals surface area (Å²) in [6.45, 7) is 2.08. The van der Waals surface area contributed by atoms with Crippen molar-refractivity contribution in [2.75, 3.05) is 26.6 Å². The standard InChI is InChI=1S/C23H27N3O4/c1-5-6-19-23(24-21(27)13-15-7-9-16(28-2)10-8-15)22(26-25-19)18-14-17(29-3)11-12-20(18)30-4/h7-12,14H,5-6,13H2,1-4H3,(H,24,27)(H,25,26). The summed E-state index contributed by atoms with van der Waals surface area (Å²) in [5, 5.41) is 10.6. The zero-order valence-corrected chi connectivity index (χ0v) is 17.7. The number of nitrogens with one attached hydrogen (secondary N) is 2. The maximum atomic E-state index is 12.8. The SMILES string of the molecule is CCCc1[nH]nc(-c2cc(OC)ccc2OC)c1NC(=O)Cc1ccc(OC)cc1. The molecule has 0 spiro atoms. The Kier molecular flexibility index (Phi) is 6.95. The Morgan fingerprint density at radius 2 is 1.70 bits per heavy atom. The van der Waals surface area contributed by atoms with Crippen molar-refractivity contribution in [3.8, 4) is 28.5 Å². The number of methoxy groups -OCH3 is 3. The molecule has 3 rings (SSSR count). The Hall–Kier alpha value is -3.48. The molecule has 0 bridgehead atoms. The summed E-state index contributed by atoms with van der Waals surface area (Å²) in [7, 11) is 4.83. The Balaban J connectivity index is 1.91. The van der Waals surface area contributed by atoms with E-state index in [-0.39, 0.29) is 12.3 Å². The monoisotopic (exact) mass is 409 g/mol. The number of amides is 1. The topological polar surface area (TPSA) is 85.5 Å². The molecule has 1 aromatic heterocycles. The molecule has 7 heteroatoms. The van der Waals surface area contributed by atoms with Gasteiger partial charge in [-0.2, -0.15) is 5.10 Å². The van der Waals surface area contributed by atoms with Crippen LogP contribution in [-0.2, 0) is 17.6 Å². The van der Waals surface area contributed by atoms with Gasteiger partial charge in [-0.1, -0.05) is 25.5 Å². The van der Waals surface area contributed by atoms with Gasteiger partial charge in [-0.3, -0.25) is 9.89 Å². The van der Waals surface area contributed by atoms with E-state index in [9.17, 15) is 4.79 Å². The van der Waals surface area contributed by atoms with Crippen molar-refractivity contribution in [1.29, 1.82) is 0 Å². The first-order valence-electron chi connectivity index (χ1n) is 9.82. The van der Waals surface area contributed by atoms with Gasteiger partial charge in [0, 0.05) is 5.56 Å². The normalized spacial score (nSPS) is 10.5. The van der Waals surface area contributed by atoms with Gasteiger partial charge in [-0.25, -0.2) is 0 Å². The lowest BCUT2D eigenvalue weighted by Gasteiger charge is -2.12. The zero-order chi connectivity index (χ0) is 21.5. The average molecular weight is 409 g/mol. The molecule has 2 aromatic carbocycles. The van der Waals surface area contributed by atoms with Crippen molar-refractivity contribution >= 4 is 11.6 Å². The molecule has 0 aliphatic heterocycles. The van der Waals surface area contributed by atoms with E-state index >= 15 is 0 Å². The second kappa shape index (κ2) is 9.82. The summed E-state index contributed by atoms with van der Waals surface area (Å²) < 4.78 is 16.0. The third-order valence-corrected chi connectivity index (χ3v) is 4.79. The van der Waals surface area contributed by atoms with E-state index in [2.05, 4.69) is 22.4 Å². The molecular formula is C23H27N3O4. The lowest BCUT2D eigenvalue weighted by molar-refractivity contribution is -0.115. The Morgan fingerprint density at radius 1 is 1.00 bits per heavy atom. The summed E-state index contributed by atoms with van der Waals surface area (Å²) in [5.74, 6) is 1.96. The second-order valence-electron chi connectivity index (χ2n) is 6.82. The van der Waals surface area contributed by atoms with E-state index in [1.807, 2.05) is 42.5 Å². The summed E-state index contributed by atoms with van der Waals surface area (Å²) in [4.78, 5) is 12.8. The highest BCUT2D eigenvalue weighted by Gasteiger charge is 2.20. The zero-order valence-electron chi connectivity index (χ0n) is 17.7. The number of nitrogens with zero attached hydrogens (tertiary/aromatic N) is 1. The third-order valence-electron chi connectivity index (χ3n) is 4.79. The number of hydrogen-bond acceptors (Lipinski definition) is 5. The molecule has 0 fully saturated rings. The van der Waals surface area contributed by atoms with Crippen molar-refractivity contribution in [2.24, 2.45) is 0 Å². The van der Waals surface area contributed by atoms with Gasteiger partial charge in [0.1, 0.15) is 22.9 Å². The number of aryl methyl sites for hydroxylation is 1. The first-order chi connectivity index (χ1) is 14.6. The number of hydrogen-bond donors (Lipinski definition) is 2. The number of carbonyl (C=O) groups excluding carboxylic acids is 1. The summed E-state index contributed by atoms with van der Waals surface area (Å²) in [5.41, 5.74) is 3.81. The van der Waals surface area contributed by atoms with Crippen LogP contribution < -0.4 is 19.5 Å². The molecule has 7 nitrogen and oxygen atoms in total. The highest BCUT2D eigenvalue weighted by Crippen LogP contribution is 2.38. The van der Waals surface area contributed by atoms with Crippen LogP contribution >= 0.6 is 0 Å². The predicted molar refractivity (Wildman–Crippen MR) is 116 cm³/mol. The molecule has 1 heterocycles. The van der Waals surface area contributed by atoms with Crippen LogP contribution in [0.5, 0.6) is 17.2 Å². The maximum absolute atomic E-state index is 12.8. The van der Waals surface area contributed by atoms with Crippen LogP contribution in [0.1, 0.15) is 24.6 Å². The molecule has 30 heavy (non-hydrogen) atoms. The number of rotatable bonds is 9. The lowest BCUT2D eigenvalue weighted by Crippen LogP contribution is -2.15. The molecule has 0 aliphatic rings. The van der Waals surface area contributed by atoms with Gasteiger partial charge in [0.15, 0.2) is 0 Å². The summed E-state index contributed by atoms with van der Waals surface area (Å²) >= 11 is 0. The van der Waals surface area contributed by atoms with E-state index in [4.69, 9.17) is 14.2 Å². The molecule has 1 amide bonds. The van der Waals surface area contributed by atoms with Crippen LogP contribution in [-0.4, -0.2) is 37.4 Å². The van der Waals surface area contributed by atoms with Crippen molar-refractivity contribution in [1.82, 2.24) is 10.2 Å². The van der Waals surface area contributed by atoms with Crippen LogP contribution in [0.25, 0.3) is 11.3 Å². The Bertz CT molecular complexity index is 996. The van der Waals surface area contributed by atoms with Crippen molar-refractivity contribution in [3.05, 3.63) is 53.7 Å². The van der Waals surface area contributed by atoms with Crippen molar-refractivity contribution in [3.63, 3.8) is 0 Å². The largest absolute Gasteiger partial charge is 0.497 e. The fourth-order valence-electron chi connectivity index (χ4n) is 3.25. The van der Waals surface area contributed by atoms with Crippen LogP contribution in [0, 0.1) is 0 Å². The maximum Gasteiger partial charge on any atom is 0.228 e. The number of aromatic amines is 1. The Labute approximate surface area is 176 Å². The first kappa shape index (κ1) is 21.2. The van der Waals surface area contributed by atoms with Gasteiger partial charge in [0.25, 0.3) is 0 Å². The number of carbonyl (C=O) groups is 1. The number of aromatic nitrogens is 2. The quantitative estimate of drug-likeness (QED) is 0.552. The van der Waals surface area contributed by atoms with Crippen molar-refractivity contribution < 1.29 is 19.0 Å². The summed E-state index contributed by atoms with van der Waals surface area (Å²) in [6.07, 6.45) is 1.92. The minimum atomic E-state index is -0.123. The molecule has 0 radical (unpaired) electrons. The predicted octanol–water partition coefficient (Wildman–Crippen LogP) is 4.24. The van der Waals surface area contributed by atoms with Gasteiger partial charge < -0.3 is 19.5 Å². The number of anilines is 1. The molecule has 0 aliphatic carbocycles. The van der Waals surface area contributed by atoms with Gasteiger partial charge in [-0.15, -0.1) is 0 Å². The van der Waals surface area contributed by atoms with Gasteiger partial charge in [-0.05, 0) is 42.3 Å². The minimum Gasteiger partial charge on any atom is -0.497 e. The van der Waals surface area contributed by atoms with Crippen LogP contribution in [0.4, 0.5) is 5.69 Å². The van der Waals surface area contributed by atoms with Crippen LogP contribution in [0.2, 0.25) is 0 Å².